The summed E-state index contributed by atoms with van der Waals surface area (Å²) in [5, 5.41) is 8.81. The van der Waals surface area contributed by atoms with Crippen LogP contribution in [-0.2, 0) is 6.61 Å². The van der Waals surface area contributed by atoms with Crippen LogP contribution in [0.3, 0.4) is 0 Å². The van der Waals surface area contributed by atoms with Gasteiger partial charge in [0.05, 0.1) is 11.6 Å². The summed E-state index contributed by atoms with van der Waals surface area (Å²) in [6, 6.07) is 13.7. The molecule has 0 aliphatic heterocycles. The Kier molecular flexibility index (Phi) is 4.91. The van der Waals surface area contributed by atoms with E-state index in [0.717, 1.165) is 12.0 Å². The summed E-state index contributed by atoms with van der Waals surface area (Å²) in [5.41, 5.74) is 7.92. The first-order valence-electron chi connectivity index (χ1n) is 6.80. The lowest BCUT2D eigenvalue weighted by atomic mass is 10.1. The third-order valence-corrected chi connectivity index (χ3v) is 3.24. The van der Waals surface area contributed by atoms with E-state index in [1.807, 2.05) is 37.3 Å². The van der Waals surface area contributed by atoms with Crippen molar-refractivity contribution in [2.24, 2.45) is 5.73 Å². The molecule has 0 aliphatic carbocycles. The van der Waals surface area contributed by atoms with E-state index in [2.05, 4.69) is 0 Å². The van der Waals surface area contributed by atoms with Gasteiger partial charge < -0.3 is 10.5 Å². The first kappa shape index (κ1) is 15.0. The highest BCUT2D eigenvalue weighted by molar-refractivity contribution is 5.34. The molecular formula is C17H17FN2O. The zero-order valence-corrected chi connectivity index (χ0v) is 11.8. The van der Waals surface area contributed by atoms with Gasteiger partial charge in [0.15, 0.2) is 0 Å². The second-order valence-electron chi connectivity index (χ2n) is 4.83. The minimum Gasteiger partial charge on any atom is -0.489 e. The Morgan fingerprint density at radius 2 is 1.95 bits per heavy atom. The predicted molar refractivity (Wildman–Crippen MR) is 79.1 cm³/mol. The summed E-state index contributed by atoms with van der Waals surface area (Å²) >= 11 is 0. The Balaban J connectivity index is 2.03. The minimum absolute atomic E-state index is 0.0282. The Labute approximate surface area is 123 Å². The summed E-state index contributed by atoms with van der Waals surface area (Å²) in [6.45, 7) is 2.25. The molecule has 0 amide bonds. The van der Waals surface area contributed by atoms with Crippen molar-refractivity contribution < 1.29 is 9.13 Å². The van der Waals surface area contributed by atoms with Crippen LogP contribution in [0.15, 0.2) is 42.5 Å². The van der Waals surface area contributed by atoms with Gasteiger partial charge in [-0.05, 0) is 47.9 Å². The molecule has 0 saturated carbocycles. The molecule has 2 N–H and O–H groups in total. The van der Waals surface area contributed by atoms with Gasteiger partial charge >= 0.3 is 0 Å². The van der Waals surface area contributed by atoms with Crippen molar-refractivity contribution in [3.05, 3.63) is 65.0 Å². The van der Waals surface area contributed by atoms with Crippen LogP contribution < -0.4 is 10.5 Å². The fourth-order valence-electron chi connectivity index (χ4n) is 2.01. The summed E-state index contributed by atoms with van der Waals surface area (Å²) in [4.78, 5) is 0. The second kappa shape index (κ2) is 6.87. The van der Waals surface area contributed by atoms with Crippen LogP contribution in [0.4, 0.5) is 4.39 Å². The van der Waals surface area contributed by atoms with Gasteiger partial charge in [-0.25, -0.2) is 4.39 Å². The molecule has 2 aromatic rings. The number of rotatable bonds is 5. The molecule has 0 spiro atoms. The van der Waals surface area contributed by atoms with Crippen LogP contribution in [0.25, 0.3) is 0 Å². The highest BCUT2D eigenvalue weighted by Gasteiger charge is 2.04. The van der Waals surface area contributed by atoms with E-state index in [4.69, 9.17) is 15.7 Å². The molecule has 1 unspecified atom stereocenters. The number of hydrogen-bond donors (Lipinski definition) is 1. The van der Waals surface area contributed by atoms with Crippen LogP contribution in [0.2, 0.25) is 0 Å². The summed E-state index contributed by atoms with van der Waals surface area (Å²) < 4.78 is 18.9. The molecule has 0 aromatic heterocycles. The van der Waals surface area contributed by atoms with E-state index in [-0.39, 0.29) is 18.2 Å². The highest BCUT2D eigenvalue weighted by Crippen LogP contribution is 2.19. The van der Waals surface area contributed by atoms with E-state index in [1.54, 1.807) is 6.07 Å². The molecule has 108 valence electrons. The zero-order valence-electron chi connectivity index (χ0n) is 11.8. The molecule has 0 aliphatic rings. The molecule has 0 fully saturated rings. The van der Waals surface area contributed by atoms with Gasteiger partial charge in [0.2, 0.25) is 0 Å². The van der Waals surface area contributed by atoms with Crippen LogP contribution in [-0.4, -0.2) is 0 Å². The van der Waals surface area contributed by atoms with Gasteiger partial charge in [0.25, 0.3) is 0 Å². The van der Waals surface area contributed by atoms with Gasteiger partial charge in [-0.1, -0.05) is 19.1 Å². The molecule has 0 heterocycles. The number of nitrogens with zero attached hydrogens (tertiary/aromatic N) is 1. The fraction of sp³-hybridized carbons (Fsp3) is 0.235. The number of halogens is 1. The second-order valence-corrected chi connectivity index (χ2v) is 4.83. The molecule has 2 aromatic carbocycles. The molecule has 2 rings (SSSR count). The molecule has 4 heteroatoms. The van der Waals surface area contributed by atoms with Gasteiger partial charge in [-0.15, -0.1) is 0 Å². The van der Waals surface area contributed by atoms with E-state index in [0.29, 0.717) is 11.3 Å². The lowest BCUT2D eigenvalue weighted by Gasteiger charge is -2.11. The van der Waals surface area contributed by atoms with E-state index >= 15 is 0 Å². The molecule has 0 saturated heterocycles. The van der Waals surface area contributed by atoms with Crippen LogP contribution in [0, 0.1) is 17.1 Å². The first-order chi connectivity index (χ1) is 10.1. The van der Waals surface area contributed by atoms with E-state index in [1.165, 1.54) is 12.1 Å². The molecule has 21 heavy (non-hydrogen) atoms. The smallest absolute Gasteiger partial charge is 0.124 e. The topological polar surface area (TPSA) is 59.0 Å². The van der Waals surface area contributed by atoms with Crippen molar-refractivity contribution in [1.29, 1.82) is 5.26 Å². The van der Waals surface area contributed by atoms with Crippen LogP contribution >= 0.6 is 0 Å². The average molecular weight is 284 g/mol. The number of nitriles is 1. The van der Waals surface area contributed by atoms with Gasteiger partial charge in [-0.3, -0.25) is 0 Å². The molecule has 0 radical (unpaired) electrons. The van der Waals surface area contributed by atoms with E-state index < -0.39 is 5.82 Å². The molecular weight excluding hydrogens is 267 g/mol. The lowest BCUT2D eigenvalue weighted by Crippen LogP contribution is -2.08. The number of hydrogen-bond acceptors (Lipinski definition) is 3. The number of benzene rings is 2. The summed E-state index contributed by atoms with van der Waals surface area (Å²) in [5.74, 6) is 0.252. The lowest BCUT2D eigenvalue weighted by molar-refractivity contribution is 0.305. The maximum absolute atomic E-state index is 13.3. The zero-order chi connectivity index (χ0) is 15.2. The highest BCUT2D eigenvalue weighted by atomic mass is 19.1. The van der Waals surface area contributed by atoms with Crippen molar-refractivity contribution in [3.63, 3.8) is 0 Å². The quantitative estimate of drug-likeness (QED) is 0.911. The standard InChI is InChI=1S/C17H17FN2O/c1-2-17(20)14-3-5-16(6-4-14)21-11-13-7-12(10-19)8-15(18)9-13/h3-9,17H,2,11,20H2,1H3. The SMILES string of the molecule is CCC(N)c1ccc(OCc2cc(F)cc(C#N)c2)cc1. The van der Waals surface area contributed by atoms with E-state index in [9.17, 15) is 4.39 Å². The largest absolute Gasteiger partial charge is 0.489 e. The summed E-state index contributed by atoms with van der Waals surface area (Å²) in [7, 11) is 0. The summed E-state index contributed by atoms with van der Waals surface area (Å²) in [6.07, 6.45) is 0.875. The van der Waals surface area contributed by atoms with Crippen LogP contribution in [0.1, 0.15) is 36.1 Å². The predicted octanol–water partition coefficient (Wildman–Crippen LogP) is 3.69. The molecule has 1 atom stereocenters. The fourth-order valence-corrected chi connectivity index (χ4v) is 2.01. The number of ether oxygens (including phenoxy) is 1. The Bertz CT molecular complexity index is 647. The maximum Gasteiger partial charge on any atom is 0.124 e. The average Bonchev–Trinajstić information content (AvgIpc) is 2.52. The van der Waals surface area contributed by atoms with Gasteiger partial charge in [0.1, 0.15) is 18.2 Å². The third-order valence-electron chi connectivity index (χ3n) is 3.24. The van der Waals surface area contributed by atoms with Crippen molar-refractivity contribution >= 4 is 0 Å². The third kappa shape index (κ3) is 4.04. The first-order valence-corrected chi connectivity index (χ1v) is 6.80. The van der Waals surface area contributed by atoms with Crippen molar-refractivity contribution in [3.8, 4) is 11.8 Å². The van der Waals surface area contributed by atoms with Crippen molar-refractivity contribution in [2.45, 2.75) is 26.0 Å². The monoisotopic (exact) mass is 284 g/mol. The van der Waals surface area contributed by atoms with Crippen molar-refractivity contribution in [1.82, 2.24) is 0 Å². The van der Waals surface area contributed by atoms with Gasteiger partial charge in [0, 0.05) is 6.04 Å². The Hall–Kier alpha value is -2.38. The van der Waals surface area contributed by atoms with Crippen LogP contribution in [0.5, 0.6) is 5.75 Å². The Morgan fingerprint density at radius 3 is 2.57 bits per heavy atom. The number of nitrogens with two attached hydrogens (primary N) is 1. The molecule has 0 bridgehead atoms. The maximum atomic E-state index is 13.3. The van der Waals surface area contributed by atoms with Gasteiger partial charge in [-0.2, -0.15) is 5.26 Å². The Morgan fingerprint density at radius 1 is 1.24 bits per heavy atom. The van der Waals surface area contributed by atoms with Crippen molar-refractivity contribution in [2.75, 3.05) is 0 Å². The minimum atomic E-state index is -0.433. The normalized spacial score (nSPS) is 11.7. The molecule has 3 nitrogen and oxygen atoms in total.